The van der Waals surface area contributed by atoms with Crippen LogP contribution in [0.15, 0.2) is 0 Å². The average Bonchev–Trinajstić information content (AvgIpc) is 2.54. The molecule has 6 heteroatoms. The zero-order valence-corrected chi connectivity index (χ0v) is 8.56. The summed E-state index contributed by atoms with van der Waals surface area (Å²) < 4.78 is 36.5. The third-order valence-electron chi connectivity index (χ3n) is 2.46. The van der Waals surface area contributed by atoms with E-state index in [9.17, 15) is 13.2 Å². The van der Waals surface area contributed by atoms with E-state index < -0.39 is 12.7 Å². The molecule has 0 amide bonds. The first-order valence-electron chi connectivity index (χ1n) is 5.14. The molecule has 90 valence electrons. The van der Waals surface area contributed by atoms with E-state index in [-0.39, 0.29) is 19.2 Å². The Balaban J connectivity index is 2.35. The maximum atomic E-state index is 12.2. The normalized spacial score (nSPS) is 22.6. The van der Waals surface area contributed by atoms with Crippen LogP contribution in [0.4, 0.5) is 13.2 Å². The highest BCUT2D eigenvalue weighted by Crippen LogP contribution is 2.17. The van der Waals surface area contributed by atoms with Crippen molar-refractivity contribution in [3.8, 4) is 0 Å². The van der Waals surface area contributed by atoms with Crippen molar-refractivity contribution in [2.24, 2.45) is 0 Å². The van der Waals surface area contributed by atoms with Crippen LogP contribution in [0.1, 0.15) is 12.8 Å². The predicted molar refractivity (Wildman–Crippen MR) is 50.6 cm³/mol. The summed E-state index contributed by atoms with van der Waals surface area (Å²) >= 11 is 0. The van der Waals surface area contributed by atoms with E-state index in [2.05, 4.69) is 5.32 Å². The number of nitrogens with zero attached hydrogens (tertiary/aromatic N) is 1. The molecule has 1 heterocycles. The smallest absolute Gasteiger partial charge is 0.395 e. The summed E-state index contributed by atoms with van der Waals surface area (Å²) in [6.07, 6.45) is -2.25. The van der Waals surface area contributed by atoms with Crippen molar-refractivity contribution in [1.29, 1.82) is 0 Å². The van der Waals surface area contributed by atoms with Gasteiger partial charge in [-0.1, -0.05) is 0 Å². The van der Waals surface area contributed by atoms with E-state index in [0.717, 1.165) is 19.4 Å². The fourth-order valence-electron chi connectivity index (χ4n) is 1.85. The van der Waals surface area contributed by atoms with Crippen molar-refractivity contribution in [3.63, 3.8) is 0 Å². The van der Waals surface area contributed by atoms with Crippen LogP contribution in [-0.2, 0) is 0 Å². The van der Waals surface area contributed by atoms with Crippen LogP contribution in [-0.4, -0.2) is 55.0 Å². The van der Waals surface area contributed by atoms with Crippen LogP contribution in [0.25, 0.3) is 0 Å². The Kier molecular flexibility index (Phi) is 4.82. The molecule has 0 aromatic rings. The van der Waals surface area contributed by atoms with E-state index >= 15 is 0 Å². The predicted octanol–water partition coefficient (Wildman–Crippen LogP) is 0.595. The van der Waals surface area contributed by atoms with Crippen LogP contribution in [0.5, 0.6) is 0 Å². The monoisotopic (exact) mass is 226 g/mol. The Hall–Kier alpha value is -0.330. The summed E-state index contributed by atoms with van der Waals surface area (Å²) in [6, 6.07) is 0.138. The maximum absolute atomic E-state index is 12.2. The number of aliphatic hydroxyl groups is 1. The molecule has 0 aromatic heterocycles. The topological polar surface area (TPSA) is 35.5 Å². The van der Waals surface area contributed by atoms with E-state index in [0.29, 0.717) is 6.54 Å². The highest BCUT2D eigenvalue weighted by molar-refractivity contribution is 4.78. The fourth-order valence-corrected chi connectivity index (χ4v) is 1.85. The van der Waals surface area contributed by atoms with Gasteiger partial charge < -0.3 is 10.4 Å². The summed E-state index contributed by atoms with van der Waals surface area (Å²) in [7, 11) is 0. The Bertz CT molecular complexity index is 181. The van der Waals surface area contributed by atoms with E-state index in [1.54, 1.807) is 0 Å². The van der Waals surface area contributed by atoms with Crippen LogP contribution in [0, 0.1) is 0 Å². The lowest BCUT2D eigenvalue weighted by Gasteiger charge is -2.25. The third-order valence-corrected chi connectivity index (χ3v) is 2.46. The zero-order chi connectivity index (χ0) is 11.3. The van der Waals surface area contributed by atoms with Crippen molar-refractivity contribution in [2.45, 2.75) is 25.1 Å². The van der Waals surface area contributed by atoms with Crippen molar-refractivity contribution in [3.05, 3.63) is 0 Å². The highest BCUT2D eigenvalue weighted by Gasteiger charge is 2.31. The van der Waals surface area contributed by atoms with E-state index in [1.807, 2.05) is 0 Å². The summed E-state index contributed by atoms with van der Waals surface area (Å²) in [5, 5.41) is 11.8. The zero-order valence-electron chi connectivity index (χ0n) is 8.56. The van der Waals surface area contributed by atoms with Gasteiger partial charge in [0.05, 0.1) is 13.2 Å². The molecule has 0 bridgehead atoms. The number of nitrogens with one attached hydrogen (secondary N) is 1. The molecule has 15 heavy (non-hydrogen) atoms. The fraction of sp³-hybridized carbons (Fsp3) is 1.00. The second kappa shape index (κ2) is 5.67. The number of hydrogen-bond acceptors (Lipinski definition) is 3. The molecule has 1 aliphatic rings. The number of halogens is 3. The molecule has 0 spiro atoms. The molecular weight excluding hydrogens is 209 g/mol. The largest absolute Gasteiger partial charge is 0.401 e. The van der Waals surface area contributed by atoms with Crippen molar-refractivity contribution < 1.29 is 18.3 Å². The van der Waals surface area contributed by atoms with E-state index in [4.69, 9.17) is 5.11 Å². The first-order valence-corrected chi connectivity index (χ1v) is 5.14. The molecule has 0 radical (unpaired) electrons. The van der Waals surface area contributed by atoms with E-state index in [1.165, 1.54) is 4.90 Å². The number of hydrogen-bond donors (Lipinski definition) is 2. The first kappa shape index (κ1) is 12.7. The molecule has 0 saturated carbocycles. The number of aliphatic hydroxyl groups excluding tert-OH is 1. The minimum Gasteiger partial charge on any atom is -0.395 e. The Morgan fingerprint density at radius 2 is 2.13 bits per heavy atom. The van der Waals surface area contributed by atoms with Crippen LogP contribution < -0.4 is 5.32 Å². The standard InChI is InChI=1S/C9H17F3N2O/c10-9(11,12)7-14(4-5-15)6-8-2-1-3-13-8/h8,13,15H,1-7H2. The quantitative estimate of drug-likeness (QED) is 0.720. The van der Waals surface area contributed by atoms with Gasteiger partial charge in [-0.2, -0.15) is 13.2 Å². The average molecular weight is 226 g/mol. The van der Waals surface area contributed by atoms with Gasteiger partial charge in [0.2, 0.25) is 0 Å². The van der Waals surface area contributed by atoms with Crippen LogP contribution in [0.3, 0.4) is 0 Å². The molecule has 0 aromatic carbocycles. The first-order chi connectivity index (χ1) is 7.01. The molecule has 1 rings (SSSR count). The summed E-state index contributed by atoms with van der Waals surface area (Å²) in [5.74, 6) is 0. The second-order valence-corrected chi connectivity index (χ2v) is 3.87. The lowest BCUT2D eigenvalue weighted by atomic mass is 10.2. The van der Waals surface area contributed by atoms with Gasteiger partial charge in [-0.25, -0.2) is 0 Å². The lowest BCUT2D eigenvalue weighted by Crippen LogP contribution is -2.43. The molecule has 1 fully saturated rings. The molecule has 2 N–H and O–H groups in total. The Labute approximate surface area is 87.3 Å². The highest BCUT2D eigenvalue weighted by atomic mass is 19.4. The molecule has 1 aliphatic heterocycles. The van der Waals surface area contributed by atoms with Gasteiger partial charge in [0.1, 0.15) is 0 Å². The molecular formula is C9H17F3N2O. The van der Waals surface area contributed by atoms with Gasteiger partial charge in [0.15, 0.2) is 0 Å². The second-order valence-electron chi connectivity index (χ2n) is 3.87. The molecule has 1 atom stereocenters. The molecule has 3 nitrogen and oxygen atoms in total. The lowest BCUT2D eigenvalue weighted by molar-refractivity contribution is -0.147. The van der Waals surface area contributed by atoms with Crippen molar-refractivity contribution in [2.75, 3.05) is 32.8 Å². The summed E-state index contributed by atoms with van der Waals surface area (Å²) in [5.41, 5.74) is 0. The van der Waals surface area contributed by atoms with Gasteiger partial charge >= 0.3 is 6.18 Å². The molecule has 1 unspecified atom stereocenters. The van der Waals surface area contributed by atoms with Crippen LogP contribution in [0.2, 0.25) is 0 Å². The van der Waals surface area contributed by atoms with Gasteiger partial charge in [-0.15, -0.1) is 0 Å². The van der Waals surface area contributed by atoms with Crippen LogP contribution >= 0.6 is 0 Å². The van der Waals surface area contributed by atoms with Gasteiger partial charge in [0.25, 0.3) is 0 Å². The van der Waals surface area contributed by atoms with Gasteiger partial charge in [-0.3, -0.25) is 4.90 Å². The van der Waals surface area contributed by atoms with Gasteiger partial charge in [-0.05, 0) is 19.4 Å². The van der Waals surface area contributed by atoms with Gasteiger partial charge in [0, 0.05) is 19.1 Å². The Morgan fingerprint density at radius 3 is 2.60 bits per heavy atom. The minimum atomic E-state index is -4.19. The van der Waals surface area contributed by atoms with Crippen molar-refractivity contribution in [1.82, 2.24) is 10.2 Å². The summed E-state index contributed by atoms with van der Waals surface area (Å²) in [6.45, 7) is 0.149. The summed E-state index contributed by atoms with van der Waals surface area (Å²) in [4.78, 5) is 1.25. The minimum absolute atomic E-state index is 0.0810. The third kappa shape index (κ3) is 5.34. The number of alkyl halides is 3. The Morgan fingerprint density at radius 1 is 1.40 bits per heavy atom. The SMILES string of the molecule is OCCN(CC1CCCN1)CC(F)(F)F. The molecule has 0 aliphatic carbocycles. The molecule has 1 saturated heterocycles. The maximum Gasteiger partial charge on any atom is 0.401 e. The number of rotatable bonds is 5. The van der Waals surface area contributed by atoms with Crippen molar-refractivity contribution >= 4 is 0 Å².